The van der Waals surface area contributed by atoms with Crippen LogP contribution in [0.3, 0.4) is 0 Å². The van der Waals surface area contributed by atoms with Crippen LogP contribution in [0, 0.1) is 13.8 Å². The Kier molecular flexibility index (Phi) is 2.94. The van der Waals surface area contributed by atoms with E-state index >= 15 is 0 Å². The van der Waals surface area contributed by atoms with Gasteiger partial charge in [-0.15, -0.1) is 0 Å². The molecule has 0 amide bonds. The third-order valence-corrected chi connectivity index (χ3v) is 2.13. The molecule has 0 unspecified atom stereocenters. The highest BCUT2D eigenvalue weighted by Crippen LogP contribution is 2.29. The van der Waals surface area contributed by atoms with Crippen LogP contribution in [0.15, 0.2) is 12.1 Å². The average Bonchev–Trinajstić information content (AvgIpc) is 2.01. The van der Waals surface area contributed by atoms with Crippen molar-refractivity contribution in [3.63, 3.8) is 0 Å². The number of aliphatic hydroxyl groups excluding tert-OH is 1. The van der Waals surface area contributed by atoms with Gasteiger partial charge in [0.25, 0.3) is 0 Å². The molecular formula is C11H16O2. The summed E-state index contributed by atoms with van der Waals surface area (Å²) >= 11 is 0. The summed E-state index contributed by atoms with van der Waals surface area (Å²) in [5, 5.41) is 9.53. The third kappa shape index (κ3) is 2.01. The van der Waals surface area contributed by atoms with Gasteiger partial charge in [-0.1, -0.05) is 6.07 Å². The minimum Gasteiger partial charge on any atom is -0.496 e. The van der Waals surface area contributed by atoms with Gasteiger partial charge < -0.3 is 9.84 Å². The lowest BCUT2D eigenvalue weighted by molar-refractivity contribution is 0.193. The molecule has 1 rings (SSSR count). The second-order valence-electron chi connectivity index (χ2n) is 3.37. The molecule has 0 saturated heterocycles. The van der Waals surface area contributed by atoms with Crippen molar-refractivity contribution in [2.24, 2.45) is 0 Å². The number of benzene rings is 1. The van der Waals surface area contributed by atoms with E-state index in [-0.39, 0.29) is 0 Å². The number of aryl methyl sites for hydroxylation is 2. The predicted molar refractivity (Wildman–Crippen MR) is 53.1 cm³/mol. The van der Waals surface area contributed by atoms with E-state index < -0.39 is 6.10 Å². The Morgan fingerprint density at radius 2 is 1.92 bits per heavy atom. The summed E-state index contributed by atoms with van der Waals surface area (Å²) < 4.78 is 5.21. The summed E-state index contributed by atoms with van der Waals surface area (Å²) in [6.45, 7) is 5.75. The molecule has 13 heavy (non-hydrogen) atoms. The Hall–Kier alpha value is -1.02. The van der Waals surface area contributed by atoms with E-state index in [2.05, 4.69) is 0 Å². The molecule has 0 aromatic heterocycles. The number of hydrogen-bond acceptors (Lipinski definition) is 2. The van der Waals surface area contributed by atoms with Crippen molar-refractivity contribution in [1.82, 2.24) is 0 Å². The van der Waals surface area contributed by atoms with Crippen molar-refractivity contribution < 1.29 is 9.84 Å². The molecule has 1 N–H and O–H groups in total. The maximum Gasteiger partial charge on any atom is 0.125 e. The van der Waals surface area contributed by atoms with Crippen molar-refractivity contribution in [1.29, 1.82) is 0 Å². The van der Waals surface area contributed by atoms with E-state index in [9.17, 15) is 5.11 Å². The SMILES string of the molecule is COc1cc(C)cc(C)c1[C@H](C)O. The van der Waals surface area contributed by atoms with E-state index in [1.807, 2.05) is 26.0 Å². The topological polar surface area (TPSA) is 29.5 Å². The van der Waals surface area contributed by atoms with Crippen molar-refractivity contribution in [2.45, 2.75) is 26.9 Å². The lowest BCUT2D eigenvalue weighted by Crippen LogP contribution is -2.00. The molecular weight excluding hydrogens is 164 g/mol. The molecule has 0 spiro atoms. The lowest BCUT2D eigenvalue weighted by Gasteiger charge is -2.14. The number of aliphatic hydroxyl groups is 1. The quantitative estimate of drug-likeness (QED) is 0.757. The maximum atomic E-state index is 9.53. The van der Waals surface area contributed by atoms with Crippen LogP contribution in [-0.4, -0.2) is 12.2 Å². The van der Waals surface area contributed by atoms with Gasteiger partial charge in [0, 0.05) is 5.56 Å². The molecule has 72 valence electrons. The molecule has 2 nitrogen and oxygen atoms in total. The van der Waals surface area contributed by atoms with Crippen LogP contribution in [0.5, 0.6) is 5.75 Å². The Labute approximate surface area is 79.2 Å². The van der Waals surface area contributed by atoms with Crippen molar-refractivity contribution in [3.05, 3.63) is 28.8 Å². The van der Waals surface area contributed by atoms with Gasteiger partial charge in [-0.3, -0.25) is 0 Å². The van der Waals surface area contributed by atoms with Crippen LogP contribution in [-0.2, 0) is 0 Å². The molecule has 0 bridgehead atoms. The Bertz CT molecular complexity index is 303. The molecule has 2 heteroatoms. The highest BCUT2D eigenvalue weighted by atomic mass is 16.5. The molecule has 0 aliphatic heterocycles. The first-order valence-corrected chi connectivity index (χ1v) is 4.39. The summed E-state index contributed by atoms with van der Waals surface area (Å²) in [7, 11) is 1.63. The van der Waals surface area contributed by atoms with Gasteiger partial charge in [0.05, 0.1) is 13.2 Å². The van der Waals surface area contributed by atoms with E-state index in [1.165, 1.54) is 0 Å². The largest absolute Gasteiger partial charge is 0.496 e. The fraction of sp³-hybridized carbons (Fsp3) is 0.455. The van der Waals surface area contributed by atoms with Crippen LogP contribution in [0.1, 0.15) is 29.7 Å². The predicted octanol–water partition coefficient (Wildman–Crippen LogP) is 2.37. The molecule has 0 saturated carbocycles. The van der Waals surface area contributed by atoms with Gasteiger partial charge in [0.15, 0.2) is 0 Å². The summed E-state index contributed by atoms with van der Waals surface area (Å²) in [5.74, 6) is 0.771. The van der Waals surface area contributed by atoms with E-state index in [0.717, 1.165) is 22.4 Å². The minimum absolute atomic E-state index is 0.476. The van der Waals surface area contributed by atoms with Crippen molar-refractivity contribution in [3.8, 4) is 5.75 Å². The normalized spacial score (nSPS) is 12.7. The Morgan fingerprint density at radius 1 is 1.31 bits per heavy atom. The standard InChI is InChI=1S/C11H16O2/c1-7-5-8(2)11(9(3)12)10(6-7)13-4/h5-6,9,12H,1-4H3/t9-/m0/s1. The van der Waals surface area contributed by atoms with E-state index in [1.54, 1.807) is 14.0 Å². The van der Waals surface area contributed by atoms with Crippen LogP contribution < -0.4 is 4.74 Å². The third-order valence-electron chi connectivity index (χ3n) is 2.13. The van der Waals surface area contributed by atoms with E-state index in [0.29, 0.717) is 0 Å². The Morgan fingerprint density at radius 3 is 2.38 bits per heavy atom. The minimum atomic E-state index is -0.476. The number of ether oxygens (including phenoxy) is 1. The first-order chi connectivity index (χ1) is 6.06. The lowest BCUT2D eigenvalue weighted by atomic mass is 10.0. The van der Waals surface area contributed by atoms with Crippen LogP contribution in [0.4, 0.5) is 0 Å². The second-order valence-corrected chi connectivity index (χ2v) is 3.37. The van der Waals surface area contributed by atoms with E-state index in [4.69, 9.17) is 4.74 Å². The summed E-state index contributed by atoms with van der Waals surface area (Å²) in [4.78, 5) is 0. The zero-order valence-corrected chi connectivity index (χ0v) is 8.59. The molecule has 0 fully saturated rings. The number of methoxy groups -OCH3 is 1. The fourth-order valence-electron chi connectivity index (χ4n) is 1.64. The summed E-state index contributed by atoms with van der Waals surface area (Å²) in [6.07, 6.45) is -0.476. The molecule has 0 heterocycles. The van der Waals surface area contributed by atoms with Crippen LogP contribution in [0.2, 0.25) is 0 Å². The Balaban J connectivity index is 3.30. The fourth-order valence-corrected chi connectivity index (χ4v) is 1.64. The van der Waals surface area contributed by atoms with Crippen LogP contribution >= 0.6 is 0 Å². The zero-order valence-electron chi connectivity index (χ0n) is 8.59. The van der Waals surface area contributed by atoms with Gasteiger partial charge in [-0.25, -0.2) is 0 Å². The van der Waals surface area contributed by atoms with Gasteiger partial charge in [-0.05, 0) is 38.0 Å². The maximum absolute atomic E-state index is 9.53. The second kappa shape index (κ2) is 3.79. The molecule has 0 aliphatic rings. The van der Waals surface area contributed by atoms with Crippen molar-refractivity contribution in [2.75, 3.05) is 7.11 Å². The highest BCUT2D eigenvalue weighted by molar-refractivity contribution is 5.44. The first-order valence-electron chi connectivity index (χ1n) is 4.39. The number of rotatable bonds is 2. The van der Waals surface area contributed by atoms with Gasteiger partial charge >= 0.3 is 0 Å². The average molecular weight is 180 g/mol. The van der Waals surface area contributed by atoms with Crippen molar-refractivity contribution >= 4 is 0 Å². The molecule has 1 aromatic carbocycles. The molecule has 1 atom stereocenters. The smallest absolute Gasteiger partial charge is 0.125 e. The van der Waals surface area contributed by atoms with Crippen LogP contribution in [0.25, 0.3) is 0 Å². The zero-order chi connectivity index (χ0) is 10.0. The highest BCUT2D eigenvalue weighted by Gasteiger charge is 2.11. The molecule has 1 aromatic rings. The molecule has 0 aliphatic carbocycles. The summed E-state index contributed by atoms with van der Waals surface area (Å²) in [5.41, 5.74) is 3.11. The summed E-state index contributed by atoms with van der Waals surface area (Å²) in [6, 6.07) is 3.99. The van der Waals surface area contributed by atoms with Gasteiger partial charge in [-0.2, -0.15) is 0 Å². The van der Waals surface area contributed by atoms with Gasteiger partial charge in [0.1, 0.15) is 5.75 Å². The van der Waals surface area contributed by atoms with Gasteiger partial charge in [0.2, 0.25) is 0 Å². The molecule has 0 radical (unpaired) electrons. The first kappa shape index (κ1) is 10.1. The monoisotopic (exact) mass is 180 g/mol. The number of hydrogen-bond donors (Lipinski definition) is 1.